The van der Waals surface area contributed by atoms with Crippen LogP contribution in [0, 0.1) is 5.92 Å². The number of aryl methyl sites for hydroxylation is 1. The number of benzene rings is 2. The number of carbonyl (C=O) groups is 1. The van der Waals surface area contributed by atoms with Gasteiger partial charge in [0.2, 0.25) is 0 Å². The summed E-state index contributed by atoms with van der Waals surface area (Å²) in [7, 11) is 0. The van der Waals surface area contributed by atoms with Crippen molar-refractivity contribution in [2.75, 3.05) is 18.0 Å². The SMILES string of the molecule is CCc1ccccc1O[C@@H](C)C(=O)N[C@H](C)c1ccc(N2CCC[C@@H](C)C2)cc1. The fourth-order valence-corrected chi connectivity index (χ4v) is 3.97. The van der Waals surface area contributed by atoms with Crippen LogP contribution in [0.2, 0.25) is 0 Å². The number of nitrogens with zero attached hydrogens (tertiary/aromatic N) is 1. The number of anilines is 1. The Hall–Kier alpha value is -2.49. The highest BCUT2D eigenvalue weighted by Crippen LogP contribution is 2.25. The van der Waals surface area contributed by atoms with Crippen LogP contribution in [0.5, 0.6) is 5.75 Å². The van der Waals surface area contributed by atoms with E-state index in [1.165, 1.54) is 18.5 Å². The first-order chi connectivity index (χ1) is 14.0. The van der Waals surface area contributed by atoms with E-state index >= 15 is 0 Å². The summed E-state index contributed by atoms with van der Waals surface area (Å²) < 4.78 is 5.92. The first-order valence-electron chi connectivity index (χ1n) is 10.9. The Morgan fingerprint density at radius 2 is 1.90 bits per heavy atom. The highest BCUT2D eigenvalue weighted by Gasteiger charge is 2.20. The van der Waals surface area contributed by atoms with Gasteiger partial charge in [0.25, 0.3) is 5.91 Å². The molecule has 2 aromatic carbocycles. The van der Waals surface area contributed by atoms with Crippen LogP contribution >= 0.6 is 0 Å². The molecule has 3 rings (SSSR count). The molecular weight excluding hydrogens is 360 g/mol. The van der Waals surface area contributed by atoms with Crippen LogP contribution in [0.1, 0.15) is 57.7 Å². The van der Waals surface area contributed by atoms with E-state index in [9.17, 15) is 4.79 Å². The molecule has 0 spiro atoms. The van der Waals surface area contributed by atoms with E-state index in [-0.39, 0.29) is 11.9 Å². The quantitative estimate of drug-likeness (QED) is 0.708. The summed E-state index contributed by atoms with van der Waals surface area (Å²) in [5.74, 6) is 1.43. The second kappa shape index (κ2) is 9.82. The van der Waals surface area contributed by atoms with Gasteiger partial charge in [-0.1, -0.05) is 44.2 Å². The van der Waals surface area contributed by atoms with Gasteiger partial charge in [0, 0.05) is 18.8 Å². The molecule has 1 fully saturated rings. The van der Waals surface area contributed by atoms with Crippen molar-refractivity contribution in [3.8, 4) is 5.75 Å². The molecule has 2 aromatic rings. The summed E-state index contributed by atoms with van der Waals surface area (Å²) in [4.78, 5) is 15.1. The third kappa shape index (κ3) is 5.53. The van der Waals surface area contributed by atoms with Crippen LogP contribution in [0.25, 0.3) is 0 Å². The molecule has 0 saturated carbocycles. The molecule has 4 nitrogen and oxygen atoms in total. The van der Waals surface area contributed by atoms with Gasteiger partial charge in [-0.3, -0.25) is 4.79 Å². The van der Waals surface area contributed by atoms with Gasteiger partial charge < -0.3 is 15.0 Å². The summed E-state index contributed by atoms with van der Waals surface area (Å²) in [6.07, 6.45) is 2.91. The van der Waals surface area contributed by atoms with Crippen molar-refractivity contribution in [3.05, 3.63) is 59.7 Å². The van der Waals surface area contributed by atoms with Gasteiger partial charge in [-0.2, -0.15) is 0 Å². The van der Waals surface area contributed by atoms with Gasteiger partial charge >= 0.3 is 0 Å². The lowest BCUT2D eigenvalue weighted by Gasteiger charge is -2.33. The molecule has 1 aliphatic heterocycles. The zero-order valence-corrected chi connectivity index (χ0v) is 18.2. The van der Waals surface area contributed by atoms with E-state index in [1.54, 1.807) is 6.92 Å². The third-order valence-electron chi connectivity index (χ3n) is 5.80. The fourth-order valence-electron chi connectivity index (χ4n) is 3.97. The van der Waals surface area contributed by atoms with Crippen LogP contribution < -0.4 is 15.0 Å². The molecule has 3 atom stereocenters. The molecule has 0 aliphatic carbocycles. The molecule has 1 amide bonds. The summed E-state index contributed by atoms with van der Waals surface area (Å²) in [6, 6.07) is 16.4. The zero-order chi connectivity index (χ0) is 20.8. The van der Waals surface area contributed by atoms with Crippen molar-refractivity contribution in [1.29, 1.82) is 0 Å². The highest BCUT2D eigenvalue weighted by atomic mass is 16.5. The van der Waals surface area contributed by atoms with E-state index in [1.807, 2.05) is 31.2 Å². The number of nitrogens with one attached hydrogen (secondary N) is 1. The lowest BCUT2D eigenvalue weighted by Crippen LogP contribution is -2.38. The van der Waals surface area contributed by atoms with Crippen LogP contribution in [-0.4, -0.2) is 25.1 Å². The standard InChI is InChI=1S/C25H34N2O2/c1-5-21-10-6-7-11-24(21)29-20(4)25(28)26-19(3)22-12-14-23(15-13-22)27-16-8-9-18(2)17-27/h6-7,10-15,18-20H,5,8-9,16-17H2,1-4H3,(H,26,28)/t18-,19-,20+/m1/s1. The average molecular weight is 395 g/mol. The molecular formula is C25H34N2O2. The number of hydrogen-bond acceptors (Lipinski definition) is 3. The van der Waals surface area contributed by atoms with Crippen LogP contribution in [0.4, 0.5) is 5.69 Å². The topological polar surface area (TPSA) is 41.6 Å². The molecule has 4 heteroatoms. The van der Waals surface area contributed by atoms with E-state index in [0.717, 1.165) is 42.3 Å². The summed E-state index contributed by atoms with van der Waals surface area (Å²) in [5, 5.41) is 3.08. The lowest BCUT2D eigenvalue weighted by molar-refractivity contribution is -0.127. The fraction of sp³-hybridized carbons (Fsp3) is 0.480. The average Bonchev–Trinajstić information content (AvgIpc) is 2.74. The number of rotatable bonds is 7. The number of hydrogen-bond donors (Lipinski definition) is 1. The number of carbonyl (C=O) groups excluding carboxylic acids is 1. The molecule has 1 heterocycles. The third-order valence-corrected chi connectivity index (χ3v) is 5.80. The minimum absolute atomic E-state index is 0.0655. The van der Waals surface area contributed by atoms with E-state index in [4.69, 9.17) is 4.74 Å². The Balaban J connectivity index is 1.57. The molecule has 29 heavy (non-hydrogen) atoms. The smallest absolute Gasteiger partial charge is 0.261 e. The van der Waals surface area contributed by atoms with E-state index < -0.39 is 6.10 Å². The lowest BCUT2D eigenvalue weighted by atomic mass is 9.99. The van der Waals surface area contributed by atoms with Crippen molar-refractivity contribution >= 4 is 11.6 Å². The second-order valence-electron chi connectivity index (χ2n) is 8.24. The van der Waals surface area contributed by atoms with Gasteiger partial charge in [-0.25, -0.2) is 0 Å². The van der Waals surface area contributed by atoms with Crippen molar-refractivity contribution < 1.29 is 9.53 Å². The molecule has 0 aromatic heterocycles. The molecule has 1 aliphatic rings. The number of para-hydroxylation sites is 1. The first kappa shape index (κ1) is 21.2. The second-order valence-corrected chi connectivity index (χ2v) is 8.24. The number of ether oxygens (including phenoxy) is 1. The Labute approximate surface area is 175 Å². The zero-order valence-electron chi connectivity index (χ0n) is 18.2. The Morgan fingerprint density at radius 1 is 1.17 bits per heavy atom. The maximum atomic E-state index is 12.6. The summed E-state index contributed by atoms with van der Waals surface area (Å²) >= 11 is 0. The Bertz CT molecular complexity index is 803. The van der Waals surface area contributed by atoms with Crippen LogP contribution in [-0.2, 0) is 11.2 Å². The van der Waals surface area contributed by atoms with Crippen LogP contribution in [0.3, 0.4) is 0 Å². The minimum atomic E-state index is -0.542. The molecule has 1 saturated heterocycles. The van der Waals surface area contributed by atoms with Crippen molar-refractivity contribution in [3.63, 3.8) is 0 Å². The maximum Gasteiger partial charge on any atom is 0.261 e. The largest absolute Gasteiger partial charge is 0.481 e. The molecule has 0 radical (unpaired) electrons. The molecule has 156 valence electrons. The van der Waals surface area contributed by atoms with E-state index in [0.29, 0.717) is 0 Å². The van der Waals surface area contributed by atoms with Gasteiger partial charge in [0.05, 0.1) is 6.04 Å². The number of amides is 1. The number of piperidine rings is 1. The molecule has 1 N–H and O–H groups in total. The first-order valence-corrected chi connectivity index (χ1v) is 10.9. The van der Waals surface area contributed by atoms with Crippen molar-refractivity contribution in [2.45, 2.75) is 59.1 Å². The monoisotopic (exact) mass is 394 g/mol. The predicted molar refractivity (Wildman–Crippen MR) is 120 cm³/mol. The normalized spacial score (nSPS) is 18.8. The van der Waals surface area contributed by atoms with Gasteiger partial charge in [0.1, 0.15) is 5.75 Å². The van der Waals surface area contributed by atoms with Gasteiger partial charge in [-0.15, -0.1) is 0 Å². The summed E-state index contributed by atoms with van der Waals surface area (Å²) in [6.45, 7) is 10.5. The van der Waals surface area contributed by atoms with Gasteiger partial charge in [0.15, 0.2) is 6.10 Å². The Kier molecular flexibility index (Phi) is 7.18. The van der Waals surface area contributed by atoms with E-state index in [2.05, 4.69) is 48.3 Å². The predicted octanol–water partition coefficient (Wildman–Crippen LogP) is 5.13. The Morgan fingerprint density at radius 3 is 2.59 bits per heavy atom. The molecule has 0 bridgehead atoms. The van der Waals surface area contributed by atoms with Crippen molar-refractivity contribution in [1.82, 2.24) is 5.32 Å². The van der Waals surface area contributed by atoms with Gasteiger partial charge in [-0.05, 0) is 68.4 Å². The summed E-state index contributed by atoms with van der Waals surface area (Å²) in [5.41, 5.74) is 3.49. The highest BCUT2D eigenvalue weighted by molar-refractivity contribution is 5.81. The maximum absolute atomic E-state index is 12.6. The van der Waals surface area contributed by atoms with Crippen LogP contribution in [0.15, 0.2) is 48.5 Å². The minimum Gasteiger partial charge on any atom is -0.481 e. The molecule has 0 unspecified atom stereocenters. The van der Waals surface area contributed by atoms with Crippen molar-refractivity contribution in [2.24, 2.45) is 5.92 Å².